The average molecular weight is 136 g/mol. The van der Waals surface area contributed by atoms with Gasteiger partial charge in [-0.25, -0.2) is 0 Å². The summed E-state index contributed by atoms with van der Waals surface area (Å²) in [6.45, 7) is 1.88. The Kier molecular flexibility index (Phi) is 1.99. The van der Waals surface area contributed by atoms with E-state index >= 15 is 0 Å². The van der Waals surface area contributed by atoms with Gasteiger partial charge in [-0.3, -0.25) is 4.98 Å². The van der Waals surface area contributed by atoms with Gasteiger partial charge in [0, 0.05) is 5.69 Å². The molecule has 0 saturated heterocycles. The topological polar surface area (TPSA) is 45.5 Å². The number of hydrogen-bond acceptors (Lipinski definition) is 3. The number of rotatable bonds is 1. The van der Waals surface area contributed by atoms with E-state index in [9.17, 15) is 0 Å². The van der Waals surface area contributed by atoms with Crippen LogP contribution in [-0.4, -0.2) is 16.4 Å². The van der Waals surface area contributed by atoms with Gasteiger partial charge in [-0.1, -0.05) is 11.2 Å². The van der Waals surface area contributed by atoms with Gasteiger partial charge in [0.1, 0.15) is 0 Å². The van der Waals surface area contributed by atoms with Crippen LogP contribution in [0, 0.1) is 6.92 Å². The van der Waals surface area contributed by atoms with Gasteiger partial charge in [-0.15, -0.1) is 0 Å². The van der Waals surface area contributed by atoms with Crippen LogP contribution < -0.4 is 0 Å². The molecule has 0 saturated carbocycles. The summed E-state index contributed by atoms with van der Waals surface area (Å²) in [5, 5.41) is 11.0. The summed E-state index contributed by atoms with van der Waals surface area (Å²) in [5.74, 6) is 0. The van der Waals surface area contributed by atoms with Gasteiger partial charge in [-0.05, 0) is 19.1 Å². The Morgan fingerprint density at radius 2 is 2.40 bits per heavy atom. The van der Waals surface area contributed by atoms with E-state index in [1.54, 1.807) is 6.07 Å². The van der Waals surface area contributed by atoms with Gasteiger partial charge in [-0.2, -0.15) is 0 Å². The third-order valence-electron chi connectivity index (χ3n) is 1.10. The van der Waals surface area contributed by atoms with Gasteiger partial charge in [0.2, 0.25) is 0 Å². The van der Waals surface area contributed by atoms with E-state index in [2.05, 4.69) is 10.1 Å². The van der Waals surface area contributed by atoms with Gasteiger partial charge in [0.15, 0.2) is 0 Å². The van der Waals surface area contributed by atoms with Crippen LogP contribution in [-0.2, 0) is 0 Å². The summed E-state index contributed by atoms with van der Waals surface area (Å²) in [7, 11) is 0. The first-order valence-electron chi connectivity index (χ1n) is 2.94. The van der Waals surface area contributed by atoms with Crippen molar-refractivity contribution in [2.24, 2.45) is 5.16 Å². The van der Waals surface area contributed by atoms with Crippen LogP contribution in [0.4, 0.5) is 0 Å². The summed E-state index contributed by atoms with van der Waals surface area (Å²) in [4.78, 5) is 4.05. The number of aryl methyl sites for hydroxylation is 1. The van der Waals surface area contributed by atoms with Gasteiger partial charge >= 0.3 is 0 Å². The molecule has 1 aromatic heterocycles. The Labute approximate surface area is 59.0 Å². The number of oxime groups is 1. The molecule has 0 aliphatic rings. The van der Waals surface area contributed by atoms with Crippen molar-refractivity contribution in [2.75, 3.05) is 0 Å². The van der Waals surface area contributed by atoms with Crippen LogP contribution in [0.1, 0.15) is 11.4 Å². The molecule has 0 aliphatic heterocycles. The minimum atomic E-state index is 0.669. The monoisotopic (exact) mass is 136 g/mol. The quantitative estimate of drug-likeness (QED) is 0.358. The van der Waals surface area contributed by atoms with E-state index < -0.39 is 0 Å². The first kappa shape index (κ1) is 6.74. The van der Waals surface area contributed by atoms with Crippen molar-refractivity contribution < 1.29 is 5.21 Å². The smallest absolute Gasteiger partial charge is 0.0918 e. The van der Waals surface area contributed by atoms with Crippen molar-refractivity contribution in [3.63, 3.8) is 0 Å². The van der Waals surface area contributed by atoms with Crippen LogP contribution in [0.15, 0.2) is 23.4 Å². The molecular formula is C7H8N2O. The number of hydrogen-bond donors (Lipinski definition) is 1. The van der Waals surface area contributed by atoms with Crippen LogP contribution in [0.25, 0.3) is 0 Å². The molecule has 3 nitrogen and oxygen atoms in total. The largest absolute Gasteiger partial charge is 0.411 e. The van der Waals surface area contributed by atoms with E-state index in [0.29, 0.717) is 5.69 Å². The number of pyridine rings is 1. The van der Waals surface area contributed by atoms with Crippen molar-refractivity contribution >= 4 is 6.21 Å². The summed E-state index contributed by atoms with van der Waals surface area (Å²) >= 11 is 0. The van der Waals surface area contributed by atoms with E-state index in [1.807, 2.05) is 19.1 Å². The number of aromatic nitrogens is 1. The maximum atomic E-state index is 8.14. The highest BCUT2D eigenvalue weighted by Gasteiger charge is 1.87. The minimum absolute atomic E-state index is 0.669. The van der Waals surface area contributed by atoms with Crippen molar-refractivity contribution in [3.8, 4) is 0 Å². The van der Waals surface area contributed by atoms with Crippen LogP contribution in [0.5, 0.6) is 0 Å². The highest BCUT2D eigenvalue weighted by Crippen LogP contribution is 1.93. The lowest BCUT2D eigenvalue weighted by Gasteiger charge is -1.91. The molecule has 0 radical (unpaired) electrons. The standard InChI is InChI=1S/C7H8N2O/c1-6-3-2-4-7(9-6)5-8-10/h2-5,10H,1H3/b8-5+. The predicted octanol–water partition coefficient (Wildman–Crippen LogP) is 1.20. The lowest BCUT2D eigenvalue weighted by molar-refractivity contribution is 0.321. The molecule has 0 atom stereocenters. The zero-order valence-electron chi connectivity index (χ0n) is 5.65. The molecule has 1 N–H and O–H groups in total. The normalized spacial score (nSPS) is 10.5. The zero-order valence-corrected chi connectivity index (χ0v) is 5.65. The Morgan fingerprint density at radius 1 is 1.60 bits per heavy atom. The van der Waals surface area contributed by atoms with Gasteiger partial charge < -0.3 is 5.21 Å². The third-order valence-corrected chi connectivity index (χ3v) is 1.10. The Morgan fingerprint density at radius 3 is 3.00 bits per heavy atom. The molecule has 0 aliphatic carbocycles. The Balaban J connectivity index is 2.95. The molecule has 1 rings (SSSR count). The van der Waals surface area contributed by atoms with Crippen LogP contribution in [0.2, 0.25) is 0 Å². The van der Waals surface area contributed by atoms with E-state index in [1.165, 1.54) is 6.21 Å². The van der Waals surface area contributed by atoms with Crippen molar-refractivity contribution in [3.05, 3.63) is 29.6 Å². The van der Waals surface area contributed by atoms with E-state index in [4.69, 9.17) is 5.21 Å². The molecule has 1 aromatic rings. The van der Waals surface area contributed by atoms with Crippen molar-refractivity contribution in [1.29, 1.82) is 0 Å². The molecular weight excluding hydrogens is 128 g/mol. The molecule has 52 valence electrons. The highest BCUT2D eigenvalue weighted by molar-refractivity contribution is 5.76. The molecule has 3 heteroatoms. The second-order valence-electron chi connectivity index (χ2n) is 1.95. The predicted molar refractivity (Wildman–Crippen MR) is 38.4 cm³/mol. The molecule has 0 bridgehead atoms. The maximum Gasteiger partial charge on any atom is 0.0918 e. The maximum absolute atomic E-state index is 8.14. The highest BCUT2D eigenvalue weighted by atomic mass is 16.4. The van der Waals surface area contributed by atoms with E-state index in [0.717, 1.165) is 5.69 Å². The summed E-state index contributed by atoms with van der Waals surface area (Å²) in [6.07, 6.45) is 1.30. The fourth-order valence-electron chi connectivity index (χ4n) is 0.695. The van der Waals surface area contributed by atoms with Crippen LogP contribution >= 0.6 is 0 Å². The summed E-state index contributed by atoms with van der Waals surface area (Å²) in [5.41, 5.74) is 1.58. The first-order valence-corrected chi connectivity index (χ1v) is 2.94. The molecule has 10 heavy (non-hydrogen) atoms. The second kappa shape index (κ2) is 2.96. The van der Waals surface area contributed by atoms with Crippen molar-refractivity contribution in [1.82, 2.24) is 4.98 Å². The molecule has 0 aromatic carbocycles. The fourth-order valence-corrected chi connectivity index (χ4v) is 0.695. The Hall–Kier alpha value is -1.38. The summed E-state index contributed by atoms with van der Waals surface area (Å²) < 4.78 is 0. The van der Waals surface area contributed by atoms with E-state index in [-0.39, 0.29) is 0 Å². The summed E-state index contributed by atoms with van der Waals surface area (Å²) in [6, 6.07) is 5.51. The fraction of sp³-hybridized carbons (Fsp3) is 0.143. The van der Waals surface area contributed by atoms with Gasteiger partial charge in [0.05, 0.1) is 11.9 Å². The SMILES string of the molecule is Cc1cccc(/C=N/O)n1. The molecule has 0 unspecified atom stereocenters. The Bertz CT molecular complexity index is 245. The molecule has 1 heterocycles. The zero-order chi connectivity index (χ0) is 7.40. The second-order valence-corrected chi connectivity index (χ2v) is 1.95. The number of nitrogens with zero attached hydrogens (tertiary/aromatic N) is 2. The lowest BCUT2D eigenvalue weighted by atomic mass is 10.3. The van der Waals surface area contributed by atoms with Crippen molar-refractivity contribution in [2.45, 2.75) is 6.92 Å². The van der Waals surface area contributed by atoms with Crippen LogP contribution in [0.3, 0.4) is 0 Å². The molecule has 0 amide bonds. The lowest BCUT2D eigenvalue weighted by Crippen LogP contribution is -1.88. The molecule has 0 fully saturated rings. The third kappa shape index (κ3) is 1.55. The average Bonchev–Trinajstić information content (AvgIpc) is 1.88. The molecule has 0 spiro atoms. The van der Waals surface area contributed by atoms with Gasteiger partial charge in [0.25, 0.3) is 0 Å². The minimum Gasteiger partial charge on any atom is -0.411 e. The first-order chi connectivity index (χ1) is 4.83.